The number of aromatic nitrogens is 1. The second-order valence-electron chi connectivity index (χ2n) is 5.68. The first kappa shape index (κ1) is 16.9. The first-order valence-electron chi connectivity index (χ1n) is 7.71. The number of rotatable bonds is 3. The molecule has 1 fully saturated rings. The number of hydrogen-bond acceptors (Lipinski definition) is 2. The smallest absolute Gasteiger partial charge is 0.276 e. The lowest BCUT2D eigenvalue weighted by molar-refractivity contribution is -0.122. The Morgan fingerprint density at radius 2 is 1.92 bits per heavy atom. The molecule has 4 nitrogen and oxygen atoms in total. The summed E-state index contributed by atoms with van der Waals surface area (Å²) < 4.78 is 3.22. The molecular weight excluding hydrogens is 386 g/mol. The summed E-state index contributed by atoms with van der Waals surface area (Å²) in [6, 6.07) is 10.2. The van der Waals surface area contributed by atoms with Crippen molar-refractivity contribution in [1.29, 1.82) is 0 Å². The molecule has 0 unspecified atom stereocenters. The summed E-state index contributed by atoms with van der Waals surface area (Å²) in [5.41, 5.74) is 4.82. The summed E-state index contributed by atoms with van der Waals surface area (Å²) in [6.07, 6.45) is 1.88. The molecule has 0 saturated carbocycles. The Balaban J connectivity index is 2.01. The van der Waals surface area contributed by atoms with Crippen LogP contribution in [0.4, 0.5) is 0 Å². The van der Waals surface area contributed by atoms with Gasteiger partial charge >= 0.3 is 0 Å². The van der Waals surface area contributed by atoms with Crippen LogP contribution in [0.1, 0.15) is 23.9 Å². The van der Waals surface area contributed by atoms with Gasteiger partial charge in [0.15, 0.2) is 5.11 Å². The van der Waals surface area contributed by atoms with Crippen molar-refractivity contribution in [3.05, 3.63) is 57.5 Å². The quantitative estimate of drug-likeness (QED) is 0.622. The molecule has 1 N–H and O–H groups in total. The van der Waals surface area contributed by atoms with E-state index in [4.69, 9.17) is 12.2 Å². The Kier molecular flexibility index (Phi) is 4.60. The van der Waals surface area contributed by atoms with Crippen LogP contribution in [0.15, 0.2) is 40.5 Å². The van der Waals surface area contributed by atoms with Crippen molar-refractivity contribution in [2.24, 2.45) is 0 Å². The van der Waals surface area contributed by atoms with E-state index in [1.54, 1.807) is 4.90 Å². The first-order valence-corrected chi connectivity index (χ1v) is 8.92. The van der Waals surface area contributed by atoms with Gasteiger partial charge in [0.2, 0.25) is 0 Å². The fraction of sp³-hybridized carbons (Fsp3) is 0.222. The van der Waals surface area contributed by atoms with E-state index in [-0.39, 0.29) is 5.91 Å². The normalized spacial score (nSPS) is 16.2. The second-order valence-corrected chi connectivity index (χ2v) is 6.98. The van der Waals surface area contributed by atoms with Crippen LogP contribution in [-0.4, -0.2) is 27.0 Å². The number of carbonyl (C=O) groups is 1. The molecule has 6 heteroatoms. The predicted molar refractivity (Wildman–Crippen MR) is 104 cm³/mol. The largest absolute Gasteiger partial charge is 0.328 e. The molecule has 1 aliphatic heterocycles. The van der Waals surface area contributed by atoms with Gasteiger partial charge in [-0.05, 0) is 75.0 Å². The van der Waals surface area contributed by atoms with E-state index in [0.717, 1.165) is 27.1 Å². The SMILES string of the molecule is CCN1C(=O)/C(=C/c2cc(C)n(-c3ccc(Br)cc3)c2C)NC1=S. The Labute approximate surface area is 155 Å². The van der Waals surface area contributed by atoms with Crippen molar-refractivity contribution < 1.29 is 4.79 Å². The Bertz CT molecular complexity index is 852. The number of nitrogens with zero attached hydrogens (tertiary/aromatic N) is 2. The fourth-order valence-corrected chi connectivity index (χ4v) is 3.52. The zero-order valence-corrected chi connectivity index (χ0v) is 16.2. The van der Waals surface area contributed by atoms with Crippen LogP contribution in [0.5, 0.6) is 0 Å². The maximum Gasteiger partial charge on any atom is 0.276 e. The highest BCUT2D eigenvalue weighted by Crippen LogP contribution is 2.24. The molecule has 2 aromatic rings. The van der Waals surface area contributed by atoms with Crippen molar-refractivity contribution in [3.63, 3.8) is 0 Å². The van der Waals surface area contributed by atoms with E-state index < -0.39 is 0 Å². The van der Waals surface area contributed by atoms with Crippen molar-refractivity contribution in [3.8, 4) is 5.69 Å². The molecule has 0 aliphatic carbocycles. The van der Waals surface area contributed by atoms with Crippen molar-refractivity contribution >= 4 is 45.2 Å². The number of thiocarbonyl (C=S) groups is 1. The van der Waals surface area contributed by atoms with Gasteiger partial charge < -0.3 is 9.88 Å². The minimum atomic E-state index is -0.0732. The maximum absolute atomic E-state index is 12.4. The second kappa shape index (κ2) is 6.53. The van der Waals surface area contributed by atoms with Crippen LogP contribution >= 0.6 is 28.1 Å². The topological polar surface area (TPSA) is 37.3 Å². The van der Waals surface area contributed by atoms with Gasteiger partial charge in [-0.15, -0.1) is 0 Å². The fourth-order valence-electron chi connectivity index (χ4n) is 2.94. The van der Waals surface area contributed by atoms with E-state index in [2.05, 4.69) is 57.9 Å². The van der Waals surface area contributed by atoms with Crippen LogP contribution in [0.3, 0.4) is 0 Å². The number of hydrogen-bond donors (Lipinski definition) is 1. The van der Waals surface area contributed by atoms with Crippen LogP contribution in [0, 0.1) is 13.8 Å². The molecule has 3 rings (SSSR count). The van der Waals surface area contributed by atoms with Crippen LogP contribution in [0.2, 0.25) is 0 Å². The molecule has 1 aromatic carbocycles. The molecule has 124 valence electrons. The Hall–Kier alpha value is -1.92. The zero-order chi connectivity index (χ0) is 17.4. The molecule has 0 spiro atoms. The number of carbonyl (C=O) groups excluding carboxylic acids is 1. The van der Waals surface area contributed by atoms with Gasteiger partial charge in [-0.1, -0.05) is 15.9 Å². The summed E-state index contributed by atoms with van der Waals surface area (Å²) in [5.74, 6) is -0.0732. The molecular formula is C18H18BrN3OS. The van der Waals surface area contributed by atoms with Crippen LogP contribution < -0.4 is 5.32 Å². The van der Waals surface area contributed by atoms with Crippen molar-refractivity contribution in [2.75, 3.05) is 6.54 Å². The number of likely N-dealkylation sites (N-methyl/N-ethyl adjacent to an activating group) is 1. The molecule has 0 bridgehead atoms. The third-order valence-corrected chi connectivity index (χ3v) is 4.98. The highest BCUT2D eigenvalue weighted by Gasteiger charge is 2.29. The first-order chi connectivity index (χ1) is 11.4. The zero-order valence-electron chi connectivity index (χ0n) is 13.8. The minimum absolute atomic E-state index is 0.0732. The predicted octanol–water partition coefficient (Wildman–Crippen LogP) is 3.93. The summed E-state index contributed by atoms with van der Waals surface area (Å²) in [7, 11) is 0. The van der Waals surface area contributed by atoms with E-state index >= 15 is 0 Å². The average Bonchev–Trinajstić information content (AvgIpc) is 2.97. The summed E-state index contributed by atoms with van der Waals surface area (Å²) >= 11 is 8.67. The van der Waals surface area contributed by atoms with Gasteiger partial charge in [0, 0.05) is 28.1 Å². The average molecular weight is 404 g/mol. The summed E-state index contributed by atoms with van der Waals surface area (Å²) in [6.45, 7) is 6.59. The molecule has 0 atom stereocenters. The van der Waals surface area contributed by atoms with Crippen molar-refractivity contribution in [1.82, 2.24) is 14.8 Å². The Morgan fingerprint density at radius 3 is 2.50 bits per heavy atom. The van der Waals surface area contributed by atoms with Gasteiger partial charge in [-0.25, -0.2) is 0 Å². The molecule has 2 heterocycles. The molecule has 1 aromatic heterocycles. The standard InChI is InChI=1S/C18H18BrN3OS/c1-4-21-17(23)16(20-18(21)24)10-13-9-11(2)22(12(13)3)15-7-5-14(19)6-8-15/h5-10H,4H2,1-3H3,(H,20,24)/b16-10-. The van der Waals surface area contributed by atoms with E-state index in [0.29, 0.717) is 17.4 Å². The number of aryl methyl sites for hydroxylation is 1. The highest BCUT2D eigenvalue weighted by molar-refractivity contribution is 9.10. The van der Waals surface area contributed by atoms with Gasteiger partial charge in [-0.2, -0.15) is 0 Å². The van der Waals surface area contributed by atoms with Gasteiger partial charge in [-0.3, -0.25) is 9.69 Å². The minimum Gasteiger partial charge on any atom is -0.328 e. The highest BCUT2D eigenvalue weighted by atomic mass is 79.9. The molecule has 1 saturated heterocycles. The van der Waals surface area contributed by atoms with Crippen molar-refractivity contribution in [2.45, 2.75) is 20.8 Å². The van der Waals surface area contributed by atoms with Gasteiger partial charge in [0.25, 0.3) is 5.91 Å². The van der Waals surface area contributed by atoms with E-state index in [1.165, 1.54) is 0 Å². The van der Waals surface area contributed by atoms with Crippen LogP contribution in [0.25, 0.3) is 11.8 Å². The molecule has 0 radical (unpaired) electrons. The monoisotopic (exact) mass is 403 g/mol. The van der Waals surface area contributed by atoms with E-state index in [9.17, 15) is 4.79 Å². The van der Waals surface area contributed by atoms with Gasteiger partial charge in [0.1, 0.15) is 5.70 Å². The number of nitrogens with one attached hydrogen (secondary N) is 1. The summed E-state index contributed by atoms with van der Waals surface area (Å²) in [4.78, 5) is 13.9. The molecule has 1 aliphatic rings. The number of amides is 1. The molecule has 24 heavy (non-hydrogen) atoms. The lowest BCUT2D eigenvalue weighted by Crippen LogP contribution is -2.30. The lowest BCUT2D eigenvalue weighted by atomic mass is 10.2. The summed E-state index contributed by atoms with van der Waals surface area (Å²) in [5, 5.41) is 3.48. The molecule has 1 amide bonds. The lowest BCUT2D eigenvalue weighted by Gasteiger charge is -2.10. The third-order valence-electron chi connectivity index (χ3n) is 4.13. The Morgan fingerprint density at radius 1 is 1.25 bits per heavy atom. The number of halogens is 1. The van der Waals surface area contributed by atoms with Gasteiger partial charge in [0.05, 0.1) is 0 Å². The van der Waals surface area contributed by atoms with Crippen LogP contribution in [-0.2, 0) is 4.79 Å². The van der Waals surface area contributed by atoms with E-state index in [1.807, 2.05) is 25.1 Å². The number of benzene rings is 1. The third kappa shape index (κ3) is 2.91. The maximum atomic E-state index is 12.4.